The molecular formula is C11H7IO3. The third-order valence-electron chi connectivity index (χ3n) is 2.21. The van der Waals surface area contributed by atoms with E-state index >= 15 is 0 Å². The summed E-state index contributed by atoms with van der Waals surface area (Å²) in [5, 5.41) is 19.9. The summed E-state index contributed by atoms with van der Waals surface area (Å²) in [5.74, 6) is -0.850. The normalized spacial score (nSPS) is 10.5. The molecule has 2 aromatic carbocycles. The highest BCUT2D eigenvalue weighted by Crippen LogP contribution is 2.31. The quantitative estimate of drug-likeness (QED) is 0.796. The molecule has 0 aliphatic rings. The van der Waals surface area contributed by atoms with E-state index in [1.165, 1.54) is 6.07 Å². The van der Waals surface area contributed by atoms with Crippen molar-refractivity contribution in [1.82, 2.24) is 0 Å². The summed E-state index contributed by atoms with van der Waals surface area (Å²) >= 11 is 2.00. The lowest BCUT2D eigenvalue weighted by atomic mass is 10.0. The molecule has 0 bridgehead atoms. The third kappa shape index (κ3) is 1.65. The molecule has 4 heteroatoms. The van der Waals surface area contributed by atoms with E-state index in [4.69, 9.17) is 5.11 Å². The van der Waals surface area contributed by atoms with Crippen LogP contribution in [0.1, 0.15) is 10.4 Å². The average molecular weight is 314 g/mol. The van der Waals surface area contributed by atoms with Crippen molar-refractivity contribution < 1.29 is 15.0 Å². The van der Waals surface area contributed by atoms with Gasteiger partial charge in [-0.15, -0.1) is 0 Å². The van der Waals surface area contributed by atoms with Crippen LogP contribution in [0.2, 0.25) is 0 Å². The van der Waals surface area contributed by atoms with Gasteiger partial charge in [-0.2, -0.15) is 0 Å². The molecule has 76 valence electrons. The summed E-state index contributed by atoms with van der Waals surface area (Å²) in [5.41, 5.74) is 0.208. The van der Waals surface area contributed by atoms with Gasteiger partial charge in [-0.3, -0.25) is 0 Å². The second kappa shape index (κ2) is 3.69. The van der Waals surface area contributed by atoms with E-state index in [9.17, 15) is 9.90 Å². The lowest BCUT2D eigenvalue weighted by Gasteiger charge is -2.05. The highest BCUT2D eigenvalue weighted by molar-refractivity contribution is 14.1. The zero-order chi connectivity index (χ0) is 11.0. The maximum absolute atomic E-state index is 10.9. The number of carboxylic acid groups (broad SMARTS) is 1. The van der Waals surface area contributed by atoms with Gasteiger partial charge < -0.3 is 10.2 Å². The van der Waals surface area contributed by atoms with Gasteiger partial charge in [0.25, 0.3) is 0 Å². The monoisotopic (exact) mass is 314 g/mol. The number of benzene rings is 2. The van der Waals surface area contributed by atoms with Crippen molar-refractivity contribution >= 4 is 39.3 Å². The van der Waals surface area contributed by atoms with Crippen LogP contribution in [0.3, 0.4) is 0 Å². The molecule has 3 nitrogen and oxygen atoms in total. The predicted octanol–water partition coefficient (Wildman–Crippen LogP) is 2.85. The average Bonchev–Trinajstić information content (AvgIpc) is 2.23. The maximum Gasteiger partial charge on any atom is 0.336 e. The molecule has 2 rings (SSSR count). The molecule has 0 heterocycles. The number of carbonyl (C=O) groups is 1. The van der Waals surface area contributed by atoms with E-state index in [0.29, 0.717) is 14.3 Å². The van der Waals surface area contributed by atoms with E-state index in [-0.39, 0.29) is 11.3 Å². The van der Waals surface area contributed by atoms with Crippen molar-refractivity contribution in [2.75, 3.05) is 0 Å². The molecule has 0 radical (unpaired) electrons. The van der Waals surface area contributed by atoms with E-state index in [2.05, 4.69) is 0 Å². The minimum absolute atomic E-state index is 0.135. The van der Waals surface area contributed by atoms with Gasteiger partial charge in [0.2, 0.25) is 0 Å². The van der Waals surface area contributed by atoms with Gasteiger partial charge in [-0.05, 0) is 40.1 Å². The van der Waals surface area contributed by atoms with Crippen molar-refractivity contribution in [3.8, 4) is 5.75 Å². The van der Waals surface area contributed by atoms with Crippen molar-refractivity contribution in [2.24, 2.45) is 0 Å². The van der Waals surface area contributed by atoms with E-state index < -0.39 is 5.97 Å². The first-order chi connectivity index (χ1) is 7.11. The Morgan fingerprint density at radius 3 is 2.53 bits per heavy atom. The number of hydrogen-bond donors (Lipinski definition) is 2. The fraction of sp³-hybridized carbons (Fsp3) is 0. The first-order valence-electron chi connectivity index (χ1n) is 4.25. The first-order valence-corrected chi connectivity index (χ1v) is 5.32. The fourth-order valence-corrected chi connectivity index (χ4v) is 1.97. The highest BCUT2D eigenvalue weighted by Gasteiger charge is 2.11. The predicted molar refractivity (Wildman–Crippen MR) is 65.3 cm³/mol. The Morgan fingerprint density at radius 2 is 1.87 bits per heavy atom. The Kier molecular flexibility index (Phi) is 2.52. The molecule has 0 atom stereocenters. The molecule has 2 aromatic rings. The van der Waals surface area contributed by atoms with Gasteiger partial charge in [-0.1, -0.05) is 18.2 Å². The number of halogens is 1. The zero-order valence-electron chi connectivity index (χ0n) is 7.57. The van der Waals surface area contributed by atoms with Crippen molar-refractivity contribution in [3.63, 3.8) is 0 Å². The van der Waals surface area contributed by atoms with E-state index in [1.807, 2.05) is 22.6 Å². The molecule has 0 fully saturated rings. The standard InChI is InChI=1S/C11H7IO3/c12-9-5-4-6-7(10(9)13)2-1-3-8(6)11(14)15/h1-5,13H,(H,14,15). The van der Waals surface area contributed by atoms with Gasteiger partial charge in [0, 0.05) is 5.39 Å². The summed E-state index contributed by atoms with van der Waals surface area (Å²) in [6.07, 6.45) is 0. The maximum atomic E-state index is 10.9. The number of carboxylic acids is 1. The minimum atomic E-state index is -0.985. The number of phenolic OH excluding ortho intramolecular Hbond substituents is 1. The summed E-state index contributed by atoms with van der Waals surface area (Å²) in [6.45, 7) is 0. The topological polar surface area (TPSA) is 57.5 Å². The largest absolute Gasteiger partial charge is 0.506 e. The molecule has 0 aliphatic carbocycles. The highest BCUT2D eigenvalue weighted by atomic mass is 127. The van der Waals surface area contributed by atoms with Crippen LogP contribution in [-0.4, -0.2) is 16.2 Å². The van der Waals surface area contributed by atoms with Gasteiger partial charge in [-0.25, -0.2) is 4.79 Å². The van der Waals surface area contributed by atoms with Crippen LogP contribution in [-0.2, 0) is 0 Å². The van der Waals surface area contributed by atoms with Crippen LogP contribution in [0, 0.1) is 3.57 Å². The molecule has 0 unspecified atom stereocenters. The number of phenols is 1. The number of aromatic hydroxyl groups is 1. The van der Waals surface area contributed by atoms with Crippen LogP contribution in [0.5, 0.6) is 5.75 Å². The summed E-state index contributed by atoms with van der Waals surface area (Å²) < 4.78 is 0.711. The van der Waals surface area contributed by atoms with Gasteiger partial charge in [0.1, 0.15) is 5.75 Å². The second-order valence-corrected chi connectivity index (χ2v) is 4.26. The number of fused-ring (bicyclic) bond motifs is 1. The molecular weight excluding hydrogens is 307 g/mol. The van der Waals surface area contributed by atoms with Crippen LogP contribution in [0.15, 0.2) is 30.3 Å². The number of hydrogen-bond acceptors (Lipinski definition) is 2. The summed E-state index contributed by atoms with van der Waals surface area (Å²) in [4.78, 5) is 10.9. The molecule has 0 saturated carbocycles. The second-order valence-electron chi connectivity index (χ2n) is 3.10. The van der Waals surface area contributed by atoms with Crippen molar-refractivity contribution in [2.45, 2.75) is 0 Å². The summed E-state index contributed by atoms with van der Waals surface area (Å²) in [6, 6.07) is 8.27. The third-order valence-corrected chi connectivity index (χ3v) is 3.08. The lowest BCUT2D eigenvalue weighted by Crippen LogP contribution is -1.97. The number of rotatable bonds is 1. The summed E-state index contributed by atoms with van der Waals surface area (Å²) in [7, 11) is 0. The van der Waals surface area contributed by atoms with Crippen LogP contribution in [0.25, 0.3) is 10.8 Å². The van der Waals surface area contributed by atoms with E-state index in [1.54, 1.807) is 24.3 Å². The van der Waals surface area contributed by atoms with Crippen LogP contribution >= 0.6 is 22.6 Å². The fourth-order valence-electron chi connectivity index (χ4n) is 1.50. The SMILES string of the molecule is O=C(O)c1cccc2c(O)c(I)ccc12. The minimum Gasteiger partial charge on any atom is -0.506 e. The Hall–Kier alpha value is -1.30. The van der Waals surface area contributed by atoms with Gasteiger partial charge >= 0.3 is 5.97 Å². The first kappa shape index (κ1) is 10.2. The molecule has 0 saturated heterocycles. The van der Waals surface area contributed by atoms with Gasteiger partial charge in [0.15, 0.2) is 0 Å². The Balaban J connectivity index is 2.89. The Labute approximate surface area is 99.5 Å². The molecule has 0 aromatic heterocycles. The molecule has 2 N–H and O–H groups in total. The van der Waals surface area contributed by atoms with Gasteiger partial charge in [0.05, 0.1) is 9.13 Å². The van der Waals surface area contributed by atoms with Crippen LogP contribution in [0.4, 0.5) is 0 Å². The van der Waals surface area contributed by atoms with Crippen LogP contribution < -0.4 is 0 Å². The van der Waals surface area contributed by atoms with Crippen molar-refractivity contribution in [3.05, 3.63) is 39.5 Å². The van der Waals surface area contributed by atoms with Crippen molar-refractivity contribution in [1.29, 1.82) is 0 Å². The lowest BCUT2D eigenvalue weighted by molar-refractivity contribution is 0.0699. The molecule has 0 spiro atoms. The zero-order valence-corrected chi connectivity index (χ0v) is 9.72. The Morgan fingerprint density at radius 1 is 1.13 bits per heavy atom. The smallest absolute Gasteiger partial charge is 0.336 e. The van der Waals surface area contributed by atoms with E-state index in [0.717, 1.165) is 0 Å². The Bertz CT molecular complexity index is 549. The molecule has 0 aliphatic heterocycles. The molecule has 15 heavy (non-hydrogen) atoms. The number of aromatic carboxylic acids is 1. The molecule has 0 amide bonds.